The molecule has 2 heterocycles. The molecule has 2 nitrogen and oxygen atoms in total. The zero-order valence-electron chi connectivity index (χ0n) is 9.94. The van der Waals surface area contributed by atoms with Gasteiger partial charge in [0.1, 0.15) is 11.3 Å². The van der Waals surface area contributed by atoms with Gasteiger partial charge in [-0.15, -0.1) is 0 Å². The Morgan fingerprint density at radius 1 is 1.33 bits per heavy atom. The molecule has 1 aromatic carbocycles. The Bertz CT molecular complexity index is 573. The fourth-order valence-corrected chi connectivity index (χ4v) is 2.66. The number of pyridine rings is 1. The van der Waals surface area contributed by atoms with Crippen LogP contribution in [0.25, 0.3) is 10.9 Å². The molecule has 1 saturated heterocycles. The molecule has 2 aromatic rings. The lowest BCUT2D eigenvalue weighted by molar-refractivity contribution is 0.283. The molecule has 18 heavy (non-hydrogen) atoms. The van der Waals surface area contributed by atoms with E-state index in [-0.39, 0.29) is 0 Å². The highest BCUT2D eigenvalue weighted by molar-refractivity contribution is 6.29. The molecule has 0 spiro atoms. The SMILES string of the molecule is F[C@@H]1CCN(Cc2cccc3nc(Cl)ccc23)C1. The van der Waals surface area contributed by atoms with Gasteiger partial charge in [-0.2, -0.15) is 0 Å². The smallest absolute Gasteiger partial charge is 0.129 e. The minimum Gasteiger partial charge on any atom is -0.296 e. The van der Waals surface area contributed by atoms with Crippen molar-refractivity contribution < 1.29 is 4.39 Å². The fourth-order valence-electron chi connectivity index (χ4n) is 2.50. The van der Waals surface area contributed by atoms with Gasteiger partial charge in [0.2, 0.25) is 0 Å². The van der Waals surface area contributed by atoms with E-state index in [2.05, 4.69) is 16.0 Å². The van der Waals surface area contributed by atoms with Crippen LogP contribution in [0.1, 0.15) is 12.0 Å². The third kappa shape index (κ3) is 2.33. The van der Waals surface area contributed by atoms with Crippen molar-refractivity contribution in [2.45, 2.75) is 19.1 Å². The first kappa shape index (κ1) is 11.9. The molecule has 1 aliphatic heterocycles. The minimum atomic E-state index is -0.674. The van der Waals surface area contributed by atoms with Crippen molar-refractivity contribution in [3.05, 3.63) is 41.0 Å². The summed E-state index contributed by atoms with van der Waals surface area (Å²) in [7, 11) is 0. The summed E-state index contributed by atoms with van der Waals surface area (Å²) in [6.07, 6.45) is -0.0259. The van der Waals surface area contributed by atoms with Gasteiger partial charge in [0.15, 0.2) is 0 Å². The Balaban J connectivity index is 1.92. The van der Waals surface area contributed by atoms with Crippen LogP contribution in [0.5, 0.6) is 0 Å². The molecule has 1 aliphatic rings. The second-order valence-electron chi connectivity index (χ2n) is 4.74. The fraction of sp³-hybridized carbons (Fsp3) is 0.357. The van der Waals surface area contributed by atoms with Crippen molar-refractivity contribution in [3.8, 4) is 0 Å². The Kier molecular flexibility index (Phi) is 3.18. The average molecular weight is 265 g/mol. The van der Waals surface area contributed by atoms with E-state index in [4.69, 9.17) is 11.6 Å². The second kappa shape index (κ2) is 4.82. The normalized spacial score (nSPS) is 20.7. The standard InChI is InChI=1S/C14H14ClFN2/c15-14-5-4-12-10(2-1-3-13(12)17-14)8-18-7-6-11(16)9-18/h1-5,11H,6-9H2/t11-/m1/s1. The summed E-state index contributed by atoms with van der Waals surface area (Å²) in [5.74, 6) is 0. The van der Waals surface area contributed by atoms with Gasteiger partial charge < -0.3 is 0 Å². The summed E-state index contributed by atoms with van der Waals surface area (Å²) < 4.78 is 13.2. The van der Waals surface area contributed by atoms with Crippen molar-refractivity contribution in [2.24, 2.45) is 0 Å². The maximum Gasteiger partial charge on any atom is 0.129 e. The number of rotatable bonds is 2. The lowest BCUT2D eigenvalue weighted by Gasteiger charge is -2.16. The molecule has 0 N–H and O–H groups in total. The number of nitrogens with zero attached hydrogens (tertiary/aromatic N) is 2. The van der Waals surface area contributed by atoms with Gasteiger partial charge in [-0.3, -0.25) is 4.90 Å². The summed E-state index contributed by atoms with van der Waals surface area (Å²) in [5, 5.41) is 1.61. The van der Waals surface area contributed by atoms with Crippen molar-refractivity contribution in [3.63, 3.8) is 0 Å². The minimum absolute atomic E-state index is 0.504. The molecular formula is C14H14ClFN2. The lowest BCUT2D eigenvalue weighted by Crippen LogP contribution is -2.20. The van der Waals surface area contributed by atoms with Crippen molar-refractivity contribution in [2.75, 3.05) is 13.1 Å². The van der Waals surface area contributed by atoms with E-state index in [9.17, 15) is 4.39 Å². The quantitative estimate of drug-likeness (QED) is 0.773. The number of fused-ring (bicyclic) bond motifs is 1. The van der Waals surface area contributed by atoms with Gasteiger partial charge in [0.05, 0.1) is 5.52 Å². The number of hydrogen-bond donors (Lipinski definition) is 0. The highest BCUT2D eigenvalue weighted by Crippen LogP contribution is 2.23. The molecule has 0 unspecified atom stereocenters. The van der Waals surface area contributed by atoms with Crippen LogP contribution in [-0.4, -0.2) is 29.1 Å². The van der Waals surface area contributed by atoms with Crippen molar-refractivity contribution in [1.29, 1.82) is 0 Å². The molecule has 0 bridgehead atoms. The van der Waals surface area contributed by atoms with Crippen LogP contribution in [0.2, 0.25) is 5.15 Å². The van der Waals surface area contributed by atoms with Gasteiger partial charge in [-0.1, -0.05) is 23.7 Å². The van der Waals surface area contributed by atoms with Crippen molar-refractivity contribution >= 4 is 22.5 Å². The average Bonchev–Trinajstić information content (AvgIpc) is 2.75. The topological polar surface area (TPSA) is 16.1 Å². The molecule has 0 amide bonds. The number of aromatic nitrogens is 1. The van der Waals surface area contributed by atoms with E-state index in [1.54, 1.807) is 6.07 Å². The largest absolute Gasteiger partial charge is 0.296 e. The van der Waals surface area contributed by atoms with Crippen molar-refractivity contribution in [1.82, 2.24) is 9.88 Å². The van der Waals surface area contributed by atoms with Crippen LogP contribution < -0.4 is 0 Å². The zero-order valence-corrected chi connectivity index (χ0v) is 10.7. The number of alkyl halides is 1. The maximum absolute atomic E-state index is 13.2. The predicted octanol–water partition coefficient (Wildman–Crippen LogP) is 3.43. The monoisotopic (exact) mass is 264 g/mol. The predicted molar refractivity (Wildman–Crippen MR) is 71.5 cm³/mol. The van der Waals surface area contributed by atoms with Gasteiger partial charge in [-0.05, 0) is 30.2 Å². The van der Waals surface area contributed by atoms with E-state index >= 15 is 0 Å². The number of benzene rings is 1. The summed E-state index contributed by atoms with van der Waals surface area (Å²) in [6, 6.07) is 9.79. The highest BCUT2D eigenvalue weighted by Gasteiger charge is 2.21. The number of halogens is 2. The summed E-state index contributed by atoms with van der Waals surface area (Å²) in [6.45, 7) is 2.15. The third-order valence-electron chi connectivity index (χ3n) is 3.40. The molecule has 0 aliphatic carbocycles. The summed E-state index contributed by atoms with van der Waals surface area (Å²) >= 11 is 5.89. The molecule has 94 valence electrons. The van der Waals surface area contributed by atoms with Gasteiger partial charge in [0.25, 0.3) is 0 Å². The highest BCUT2D eigenvalue weighted by atomic mass is 35.5. The molecule has 0 saturated carbocycles. The van der Waals surface area contributed by atoms with E-state index in [0.717, 1.165) is 24.0 Å². The molecule has 1 aromatic heterocycles. The summed E-state index contributed by atoms with van der Waals surface area (Å²) in [4.78, 5) is 6.45. The van der Waals surface area contributed by atoms with E-state index in [1.165, 1.54) is 5.56 Å². The first-order valence-electron chi connectivity index (χ1n) is 6.13. The Morgan fingerprint density at radius 3 is 3.00 bits per heavy atom. The Hall–Kier alpha value is -1.19. The molecular weight excluding hydrogens is 251 g/mol. The van der Waals surface area contributed by atoms with Gasteiger partial charge in [-0.25, -0.2) is 9.37 Å². The van der Waals surface area contributed by atoms with E-state index < -0.39 is 6.17 Å². The van der Waals surface area contributed by atoms with Crippen LogP contribution >= 0.6 is 11.6 Å². The maximum atomic E-state index is 13.2. The molecule has 0 radical (unpaired) electrons. The van der Waals surface area contributed by atoms with Gasteiger partial charge >= 0.3 is 0 Å². The molecule has 3 rings (SSSR count). The Morgan fingerprint density at radius 2 is 2.22 bits per heavy atom. The number of likely N-dealkylation sites (tertiary alicyclic amines) is 1. The second-order valence-corrected chi connectivity index (χ2v) is 5.13. The molecule has 1 atom stereocenters. The zero-order chi connectivity index (χ0) is 12.5. The van der Waals surface area contributed by atoms with Crippen LogP contribution in [0.3, 0.4) is 0 Å². The first-order chi connectivity index (χ1) is 8.72. The van der Waals surface area contributed by atoms with E-state index in [0.29, 0.717) is 18.1 Å². The molecule has 1 fully saturated rings. The molecule has 4 heteroatoms. The van der Waals surface area contributed by atoms with E-state index in [1.807, 2.05) is 18.2 Å². The lowest BCUT2D eigenvalue weighted by atomic mass is 10.1. The van der Waals surface area contributed by atoms with Crippen LogP contribution in [0.15, 0.2) is 30.3 Å². The van der Waals surface area contributed by atoms with Crippen LogP contribution in [0, 0.1) is 0 Å². The Labute approximate surface area is 110 Å². The number of hydrogen-bond acceptors (Lipinski definition) is 2. The van der Waals surface area contributed by atoms with Crippen LogP contribution in [0.4, 0.5) is 4.39 Å². The van der Waals surface area contributed by atoms with Crippen LogP contribution in [-0.2, 0) is 6.54 Å². The third-order valence-corrected chi connectivity index (χ3v) is 3.61. The summed E-state index contributed by atoms with van der Waals surface area (Å²) in [5.41, 5.74) is 2.08. The first-order valence-corrected chi connectivity index (χ1v) is 6.51. The van der Waals surface area contributed by atoms with Gasteiger partial charge in [0, 0.05) is 25.0 Å².